The fraction of sp³-hybridized carbons (Fsp3) is 0.450. The number of carbonyl (C=O) groups excluding carboxylic acids is 1. The van der Waals surface area contributed by atoms with Gasteiger partial charge in [0.05, 0.1) is 32.8 Å². The average molecular weight is 340 g/mol. The van der Waals surface area contributed by atoms with Crippen molar-refractivity contribution in [3.8, 4) is 0 Å². The minimum Gasteiger partial charge on any atom is -0.377 e. The lowest BCUT2D eigenvalue weighted by Gasteiger charge is -2.41. The summed E-state index contributed by atoms with van der Waals surface area (Å²) in [6.07, 6.45) is 0.422. The molecule has 4 rings (SSSR count). The summed E-state index contributed by atoms with van der Waals surface area (Å²) in [6.45, 7) is 4.58. The second-order valence-corrected chi connectivity index (χ2v) is 6.89. The molecule has 0 aromatic heterocycles. The van der Waals surface area contributed by atoms with Crippen LogP contribution in [0.2, 0.25) is 0 Å². The number of ether oxygens (including phenoxy) is 2. The maximum atomic E-state index is 12.9. The number of fused-ring (bicyclic) bond motifs is 1. The van der Waals surface area contributed by atoms with Crippen molar-refractivity contribution >= 4 is 16.7 Å². The first kappa shape index (κ1) is 16.5. The molecule has 1 spiro atoms. The Kier molecular flexibility index (Phi) is 4.70. The van der Waals surface area contributed by atoms with E-state index in [1.807, 2.05) is 29.2 Å². The molecule has 2 heterocycles. The zero-order valence-electron chi connectivity index (χ0n) is 14.4. The molecule has 132 valence electrons. The van der Waals surface area contributed by atoms with Gasteiger partial charge in [-0.05, 0) is 16.3 Å². The summed E-state index contributed by atoms with van der Waals surface area (Å²) in [6, 6.07) is 14.4. The summed E-state index contributed by atoms with van der Waals surface area (Å²) in [5.74, 6) is 0.156. The Labute approximate surface area is 147 Å². The van der Waals surface area contributed by atoms with Crippen molar-refractivity contribution in [3.05, 3.63) is 48.0 Å². The van der Waals surface area contributed by atoms with Crippen molar-refractivity contribution in [3.63, 3.8) is 0 Å². The molecule has 2 aromatic rings. The van der Waals surface area contributed by atoms with E-state index in [2.05, 4.69) is 23.5 Å². The van der Waals surface area contributed by atoms with Gasteiger partial charge in [-0.1, -0.05) is 42.5 Å². The van der Waals surface area contributed by atoms with Gasteiger partial charge in [0.25, 0.3) is 0 Å². The van der Waals surface area contributed by atoms with Crippen LogP contribution in [0.3, 0.4) is 0 Å². The van der Waals surface area contributed by atoms with E-state index in [1.165, 1.54) is 5.39 Å². The third kappa shape index (κ3) is 3.54. The summed E-state index contributed by atoms with van der Waals surface area (Å²) < 4.78 is 11.7. The average Bonchev–Trinajstić information content (AvgIpc) is 2.87. The van der Waals surface area contributed by atoms with E-state index in [1.54, 1.807) is 0 Å². The number of hydrogen-bond acceptors (Lipinski definition) is 4. The Hall–Kier alpha value is -1.95. The quantitative estimate of drug-likeness (QED) is 0.902. The fourth-order valence-electron chi connectivity index (χ4n) is 3.74. The van der Waals surface area contributed by atoms with Gasteiger partial charge in [-0.3, -0.25) is 4.79 Å². The molecule has 1 amide bonds. The zero-order valence-corrected chi connectivity index (χ0v) is 14.4. The standard InChI is InChI=1S/C20H24N2O3/c23-19(12-17-6-3-5-16-4-1-2-7-18(16)17)22-9-11-25-20(14-22)13-21-8-10-24-15-20/h1-7,21H,8-15H2. The molecule has 0 radical (unpaired) electrons. The van der Waals surface area contributed by atoms with Crippen LogP contribution in [0.5, 0.6) is 0 Å². The first-order valence-corrected chi connectivity index (χ1v) is 8.93. The summed E-state index contributed by atoms with van der Waals surface area (Å²) in [5.41, 5.74) is 0.669. The lowest BCUT2D eigenvalue weighted by atomic mass is 9.99. The number of carbonyl (C=O) groups is 1. The maximum Gasteiger partial charge on any atom is 0.227 e. The van der Waals surface area contributed by atoms with Crippen LogP contribution < -0.4 is 5.32 Å². The zero-order chi connectivity index (χ0) is 17.1. The Morgan fingerprint density at radius 1 is 1.16 bits per heavy atom. The SMILES string of the molecule is O=C(Cc1cccc2ccccc12)N1CCOC2(CNCCOC2)C1. The van der Waals surface area contributed by atoms with Crippen LogP contribution in [0.1, 0.15) is 5.56 Å². The van der Waals surface area contributed by atoms with Gasteiger partial charge in [-0.2, -0.15) is 0 Å². The van der Waals surface area contributed by atoms with E-state index in [0.717, 1.165) is 24.0 Å². The molecule has 1 atom stereocenters. The monoisotopic (exact) mass is 340 g/mol. The van der Waals surface area contributed by atoms with Gasteiger partial charge < -0.3 is 19.7 Å². The number of morpholine rings is 1. The Morgan fingerprint density at radius 2 is 2.04 bits per heavy atom. The van der Waals surface area contributed by atoms with E-state index in [4.69, 9.17) is 9.47 Å². The van der Waals surface area contributed by atoms with Crippen molar-refractivity contribution in [2.75, 3.05) is 46.0 Å². The molecule has 2 aliphatic rings. The molecular weight excluding hydrogens is 316 g/mol. The van der Waals surface area contributed by atoms with E-state index < -0.39 is 5.60 Å². The van der Waals surface area contributed by atoms with Crippen molar-refractivity contribution in [2.45, 2.75) is 12.0 Å². The van der Waals surface area contributed by atoms with Crippen LogP contribution in [0.4, 0.5) is 0 Å². The Morgan fingerprint density at radius 3 is 3.00 bits per heavy atom. The molecule has 25 heavy (non-hydrogen) atoms. The molecule has 0 aliphatic carbocycles. The third-order valence-electron chi connectivity index (χ3n) is 5.06. The molecule has 5 heteroatoms. The third-order valence-corrected chi connectivity index (χ3v) is 5.06. The van der Waals surface area contributed by atoms with Crippen LogP contribution in [0.15, 0.2) is 42.5 Å². The summed E-state index contributed by atoms with van der Waals surface area (Å²) >= 11 is 0. The predicted molar refractivity (Wildman–Crippen MR) is 96.6 cm³/mol. The van der Waals surface area contributed by atoms with E-state index in [9.17, 15) is 4.79 Å². The van der Waals surface area contributed by atoms with Crippen molar-refractivity contribution in [1.82, 2.24) is 10.2 Å². The topological polar surface area (TPSA) is 50.8 Å². The van der Waals surface area contributed by atoms with Gasteiger partial charge in [-0.25, -0.2) is 0 Å². The molecule has 2 saturated heterocycles. The number of nitrogens with zero attached hydrogens (tertiary/aromatic N) is 1. The number of rotatable bonds is 2. The van der Waals surface area contributed by atoms with Gasteiger partial charge in [-0.15, -0.1) is 0 Å². The Balaban J connectivity index is 1.50. The van der Waals surface area contributed by atoms with Gasteiger partial charge in [0.15, 0.2) is 0 Å². The van der Waals surface area contributed by atoms with Crippen LogP contribution >= 0.6 is 0 Å². The largest absolute Gasteiger partial charge is 0.377 e. The van der Waals surface area contributed by atoms with E-state index in [0.29, 0.717) is 39.3 Å². The lowest BCUT2D eigenvalue weighted by Crippen LogP contribution is -2.59. The highest BCUT2D eigenvalue weighted by atomic mass is 16.5. The molecule has 1 N–H and O–H groups in total. The molecule has 2 aromatic carbocycles. The molecule has 0 bridgehead atoms. The number of nitrogens with one attached hydrogen (secondary N) is 1. The molecule has 5 nitrogen and oxygen atoms in total. The fourth-order valence-corrected chi connectivity index (χ4v) is 3.74. The van der Waals surface area contributed by atoms with Gasteiger partial charge in [0.2, 0.25) is 5.91 Å². The molecule has 2 aliphatic heterocycles. The molecule has 1 unspecified atom stereocenters. The van der Waals surface area contributed by atoms with Crippen LogP contribution in [0.25, 0.3) is 10.8 Å². The Bertz CT molecular complexity index is 748. The highest BCUT2D eigenvalue weighted by Crippen LogP contribution is 2.23. The molecule has 2 fully saturated rings. The minimum atomic E-state index is -0.414. The highest BCUT2D eigenvalue weighted by molar-refractivity contribution is 5.90. The van der Waals surface area contributed by atoms with Crippen molar-refractivity contribution in [2.24, 2.45) is 0 Å². The summed E-state index contributed by atoms with van der Waals surface area (Å²) in [7, 11) is 0. The van der Waals surface area contributed by atoms with Crippen LogP contribution in [-0.4, -0.2) is 62.4 Å². The minimum absolute atomic E-state index is 0.156. The smallest absolute Gasteiger partial charge is 0.227 e. The number of amides is 1. The van der Waals surface area contributed by atoms with Gasteiger partial charge in [0, 0.05) is 19.6 Å². The normalized spacial score (nSPS) is 24.4. The van der Waals surface area contributed by atoms with Gasteiger partial charge >= 0.3 is 0 Å². The summed E-state index contributed by atoms with van der Waals surface area (Å²) in [4.78, 5) is 14.9. The van der Waals surface area contributed by atoms with Crippen LogP contribution in [0, 0.1) is 0 Å². The predicted octanol–water partition coefficient (Wildman–Crippen LogP) is 1.60. The molecule has 0 saturated carbocycles. The first-order chi connectivity index (χ1) is 12.3. The van der Waals surface area contributed by atoms with E-state index in [-0.39, 0.29) is 5.91 Å². The molecular formula is C20H24N2O3. The number of hydrogen-bond donors (Lipinski definition) is 1. The second kappa shape index (κ2) is 7.12. The van der Waals surface area contributed by atoms with Crippen molar-refractivity contribution in [1.29, 1.82) is 0 Å². The number of benzene rings is 2. The second-order valence-electron chi connectivity index (χ2n) is 6.89. The highest BCUT2D eigenvalue weighted by Gasteiger charge is 2.39. The van der Waals surface area contributed by atoms with Crippen LogP contribution in [-0.2, 0) is 20.7 Å². The first-order valence-electron chi connectivity index (χ1n) is 8.93. The van der Waals surface area contributed by atoms with Gasteiger partial charge in [0.1, 0.15) is 5.60 Å². The summed E-state index contributed by atoms with van der Waals surface area (Å²) in [5, 5.41) is 5.68. The maximum absolute atomic E-state index is 12.9. The van der Waals surface area contributed by atoms with Crippen molar-refractivity contribution < 1.29 is 14.3 Å². The van der Waals surface area contributed by atoms with E-state index >= 15 is 0 Å². The lowest BCUT2D eigenvalue weighted by molar-refractivity contribution is -0.157.